The highest BCUT2D eigenvalue weighted by Crippen LogP contribution is 2.38. The zero-order valence-corrected chi connectivity index (χ0v) is 12.1. The molecule has 0 amide bonds. The van der Waals surface area contributed by atoms with E-state index in [4.69, 9.17) is 0 Å². The Morgan fingerprint density at radius 3 is 2.72 bits per heavy atom. The molecule has 102 valence electrons. The fraction of sp³-hybridized carbons (Fsp3) is 0.727. The van der Waals surface area contributed by atoms with E-state index in [0.717, 1.165) is 12.8 Å². The number of rotatable bonds is 5. The van der Waals surface area contributed by atoms with Crippen molar-refractivity contribution < 1.29 is 8.42 Å². The lowest BCUT2D eigenvalue weighted by molar-refractivity contribution is 0.394. The average molecular weight is 289 g/mol. The summed E-state index contributed by atoms with van der Waals surface area (Å²) in [6, 6.07) is 1.47. The van der Waals surface area contributed by atoms with Crippen LogP contribution in [0.15, 0.2) is 17.3 Å². The molecule has 0 unspecified atom stereocenters. The Hall–Kier alpha value is -0.530. The molecule has 0 atom stereocenters. The number of nitrogens with zero attached hydrogens (tertiary/aromatic N) is 1. The maximum absolute atomic E-state index is 12.0. The van der Waals surface area contributed by atoms with Gasteiger partial charge in [-0.15, -0.1) is 0 Å². The van der Waals surface area contributed by atoms with Crippen LogP contribution in [0.2, 0.25) is 0 Å². The summed E-state index contributed by atoms with van der Waals surface area (Å²) in [5.41, 5.74) is 0. The van der Waals surface area contributed by atoms with Crippen molar-refractivity contribution >= 4 is 21.8 Å². The molecule has 2 N–H and O–H groups in total. The van der Waals surface area contributed by atoms with Crippen molar-refractivity contribution in [1.29, 1.82) is 0 Å². The van der Waals surface area contributed by atoms with Gasteiger partial charge >= 0.3 is 0 Å². The quantitative estimate of drug-likeness (QED) is 0.866. The van der Waals surface area contributed by atoms with Crippen molar-refractivity contribution in [2.24, 2.45) is 0 Å². The predicted octanol–water partition coefficient (Wildman–Crippen LogP) is 1.75. The second-order valence-electron chi connectivity index (χ2n) is 4.69. The number of hydrogen-bond acceptors (Lipinski definition) is 4. The topological polar surface area (TPSA) is 74.8 Å². The van der Waals surface area contributed by atoms with Crippen molar-refractivity contribution in [2.45, 2.75) is 41.9 Å². The molecule has 0 spiro atoms. The first kappa shape index (κ1) is 13.9. The van der Waals surface area contributed by atoms with Crippen molar-refractivity contribution in [3.63, 3.8) is 0 Å². The zero-order chi connectivity index (χ0) is 13.1. The Kier molecular flexibility index (Phi) is 4.34. The number of nitrogens with one attached hydrogen (secondary N) is 2. The van der Waals surface area contributed by atoms with Crippen LogP contribution in [-0.2, 0) is 10.0 Å². The van der Waals surface area contributed by atoms with Gasteiger partial charge in [0.05, 0.1) is 6.20 Å². The van der Waals surface area contributed by atoms with Gasteiger partial charge in [0.1, 0.15) is 0 Å². The molecule has 0 bridgehead atoms. The van der Waals surface area contributed by atoms with Gasteiger partial charge in [-0.1, -0.05) is 19.3 Å². The molecule has 18 heavy (non-hydrogen) atoms. The molecule has 1 fully saturated rings. The van der Waals surface area contributed by atoms with E-state index in [0.29, 0.717) is 6.54 Å². The Bertz CT molecular complexity index is 464. The fourth-order valence-corrected chi connectivity index (χ4v) is 4.39. The van der Waals surface area contributed by atoms with Crippen LogP contribution in [0.5, 0.6) is 0 Å². The molecule has 5 nitrogen and oxygen atoms in total. The summed E-state index contributed by atoms with van der Waals surface area (Å²) in [5.74, 6) is 0. The third-order valence-electron chi connectivity index (χ3n) is 3.55. The van der Waals surface area contributed by atoms with Gasteiger partial charge in [-0.25, -0.2) is 13.1 Å². The van der Waals surface area contributed by atoms with Gasteiger partial charge in [0, 0.05) is 11.3 Å². The van der Waals surface area contributed by atoms with Gasteiger partial charge in [0.25, 0.3) is 10.0 Å². The van der Waals surface area contributed by atoms with E-state index in [2.05, 4.69) is 21.2 Å². The number of aromatic amines is 1. The van der Waals surface area contributed by atoms with Crippen LogP contribution in [0.1, 0.15) is 32.1 Å². The Morgan fingerprint density at radius 2 is 2.17 bits per heavy atom. The Labute approximate surface area is 112 Å². The summed E-state index contributed by atoms with van der Waals surface area (Å²) < 4.78 is 26.8. The maximum Gasteiger partial charge on any atom is 0.257 e. The molecular formula is C11H19N3O2S2. The zero-order valence-electron chi connectivity index (χ0n) is 10.5. The third kappa shape index (κ3) is 3.07. The molecule has 1 aromatic rings. The largest absolute Gasteiger partial charge is 0.266 e. The normalized spacial score (nSPS) is 19.8. The molecule has 1 saturated carbocycles. The highest BCUT2D eigenvalue weighted by atomic mass is 32.2. The van der Waals surface area contributed by atoms with Crippen LogP contribution < -0.4 is 4.72 Å². The summed E-state index contributed by atoms with van der Waals surface area (Å²) in [5, 5.41) is 6.29. The first-order valence-electron chi connectivity index (χ1n) is 6.12. The second kappa shape index (κ2) is 5.63. The molecule has 2 rings (SSSR count). The molecular weight excluding hydrogens is 270 g/mol. The predicted molar refractivity (Wildman–Crippen MR) is 73.1 cm³/mol. The van der Waals surface area contributed by atoms with Gasteiger partial charge in [-0.05, 0) is 25.2 Å². The smallest absolute Gasteiger partial charge is 0.257 e. The van der Waals surface area contributed by atoms with Crippen molar-refractivity contribution in [3.8, 4) is 0 Å². The molecule has 1 aliphatic rings. The number of sulfonamides is 1. The van der Waals surface area contributed by atoms with Crippen molar-refractivity contribution in [1.82, 2.24) is 14.9 Å². The molecule has 7 heteroatoms. The monoisotopic (exact) mass is 289 g/mol. The minimum Gasteiger partial charge on any atom is -0.266 e. The van der Waals surface area contributed by atoms with Crippen LogP contribution in [-0.4, -0.2) is 36.2 Å². The summed E-state index contributed by atoms with van der Waals surface area (Å²) in [7, 11) is -3.45. The van der Waals surface area contributed by atoms with Crippen molar-refractivity contribution in [3.05, 3.63) is 12.3 Å². The Balaban J connectivity index is 2.02. The average Bonchev–Trinajstić information content (AvgIpc) is 2.92. The van der Waals surface area contributed by atoms with Crippen LogP contribution in [0.4, 0.5) is 0 Å². The standard InChI is InChI=1S/C11H19N3O2S2/c1-17-11(6-3-2-4-7-11)9-13-18(15,16)10-5-8-12-14-10/h5,8,13H,2-4,6-7,9H2,1H3,(H,12,14). The lowest BCUT2D eigenvalue weighted by Crippen LogP contribution is -2.41. The number of thioether (sulfide) groups is 1. The van der Waals surface area contributed by atoms with E-state index in [-0.39, 0.29) is 9.77 Å². The van der Waals surface area contributed by atoms with E-state index in [1.54, 1.807) is 11.8 Å². The molecule has 0 saturated heterocycles. The van der Waals surface area contributed by atoms with Gasteiger partial charge in [0.15, 0.2) is 5.03 Å². The SMILES string of the molecule is CSC1(CNS(=O)(=O)c2ccn[nH]2)CCCCC1. The number of hydrogen-bond donors (Lipinski definition) is 2. The molecule has 1 aromatic heterocycles. The highest BCUT2D eigenvalue weighted by molar-refractivity contribution is 8.00. The number of aromatic nitrogens is 2. The summed E-state index contributed by atoms with van der Waals surface area (Å²) >= 11 is 1.78. The van der Waals surface area contributed by atoms with E-state index in [1.807, 2.05) is 0 Å². The molecule has 1 aliphatic carbocycles. The lowest BCUT2D eigenvalue weighted by Gasteiger charge is -2.35. The third-order valence-corrected chi connectivity index (χ3v) is 6.30. The molecule has 0 aromatic carbocycles. The second-order valence-corrected chi connectivity index (χ2v) is 7.70. The fourth-order valence-electron chi connectivity index (χ4n) is 2.35. The van der Waals surface area contributed by atoms with Gasteiger partial charge < -0.3 is 0 Å². The van der Waals surface area contributed by atoms with Crippen LogP contribution in [0, 0.1) is 0 Å². The molecule has 0 radical (unpaired) electrons. The Morgan fingerprint density at radius 1 is 1.44 bits per heavy atom. The number of H-pyrrole nitrogens is 1. The minimum atomic E-state index is -3.45. The summed E-state index contributed by atoms with van der Waals surface area (Å²) in [6.07, 6.45) is 9.31. The van der Waals surface area contributed by atoms with Gasteiger partial charge in [-0.2, -0.15) is 16.9 Å². The lowest BCUT2D eigenvalue weighted by atomic mass is 9.88. The van der Waals surface area contributed by atoms with Crippen LogP contribution in [0.25, 0.3) is 0 Å². The van der Waals surface area contributed by atoms with E-state index >= 15 is 0 Å². The minimum absolute atomic E-state index is 0.0609. The maximum atomic E-state index is 12.0. The van der Waals surface area contributed by atoms with E-state index < -0.39 is 10.0 Å². The molecule has 0 aliphatic heterocycles. The van der Waals surface area contributed by atoms with E-state index in [1.165, 1.54) is 31.5 Å². The van der Waals surface area contributed by atoms with Crippen molar-refractivity contribution in [2.75, 3.05) is 12.8 Å². The van der Waals surface area contributed by atoms with E-state index in [9.17, 15) is 8.42 Å². The molecule has 1 heterocycles. The first-order valence-corrected chi connectivity index (χ1v) is 8.83. The highest BCUT2D eigenvalue weighted by Gasteiger charge is 2.32. The summed E-state index contributed by atoms with van der Waals surface area (Å²) in [6.45, 7) is 0.496. The van der Waals surface area contributed by atoms with Crippen LogP contribution in [0.3, 0.4) is 0 Å². The van der Waals surface area contributed by atoms with Gasteiger partial charge in [0.2, 0.25) is 0 Å². The first-order chi connectivity index (χ1) is 8.58. The van der Waals surface area contributed by atoms with Gasteiger partial charge in [-0.3, -0.25) is 5.10 Å². The summed E-state index contributed by atoms with van der Waals surface area (Å²) in [4.78, 5) is 0. The van der Waals surface area contributed by atoms with Crippen LogP contribution >= 0.6 is 11.8 Å².